The molecule has 0 radical (unpaired) electrons. The highest BCUT2D eigenvalue weighted by Crippen LogP contribution is 2.28. The number of hydrogen-bond donors (Lipinski definition) is 2. The first-order valence-electron chi connectivity index (χ1n) is 10.8. The molecule has 2 N–H and O–H groups in total. The average Bonchev–Trinajstić information content (AvgIpc) is 2.63. The fourth-order valence-electron chi connectivity index (χ4n) is 4.81. The number of aliphatic hydroxyl groups is 2. The Labute approximate surface area is 149 Å². The van der Waals surface area contributed by atoms with Gasteiger partial charge in [-0.15, -0.1) is 0 Å². The van der Waals surface area contributed by atoms with E-state index in [1.165, 1.54) is 89.9 Å². The van der Waals surface area contributed by atoms with Crippen molar-refractivity contribution in [1.82, 2.24) is 4.90 Å². The molecular weight excluding hydrogens is 298 g/mol. The van der Waals surface area contributed by atoms with E-state index in [4.69, 9.17) is 5.11 Å². The van der Waals surface area contributed by atoms with Gasteiger partial charge in [-0.05, 0) is 50.6 Å². The van der Waals surface area contributed by atoms with Crippen molar-refractivity contribution >= 4 is 0 Å². The minimum Gasteiger partial charge on any atom is -0.394 e. The Morgan fingerprint density at radius 2 is 1.21 bits per heavy atom. The van der Waals surface area contributed by atoms with E-state index in [0.29, 0.717) is 6.54 Å². The van der Waals surface area contributed by atoms with Crippen LogP contribution in [0.15, 0.2) is 0 Å². The second-order valence-electron chi connectivity index (χ2n) is 8.43. The van der Waals surface area contributed by atoms with E-state index in [-0.39, 0.29) is 6.61 Å². The van der Waals surface area contributed by atoms with Crippen LogP contribution in [0, 0.1) is 11.8 Å². The van der Waals surface area contributed by atoms with Gasteiger partial charge in [-0.3, -0.25) is 0 Å². The number of nitrogens with zero attached hydrogens (tertiary/aromatic N) is 1. The summed E-state index contributed by atoms with van der Waals surface area (Å²) in [5.74, 6) is 1.90. The molecule has 1 unspecified atom stereocenters. The second-order valence-corrected chi connectivity index (χ2v) is 8.43. The van der Waals surface area contributed by atoms with Gasteiger partial charge in [0.05, 0.1) is 12.7 Å². The fourth-order valence-corrected chi connectivity index (χ4v) is 4.81. The van der Waals surface area contributed by atoms with E-state index in [0.717, 1.165) is 24.9 Å². The molecule has 2 rings (SSSR count). The van der Waals surface area contributed by atoms with Crippen molar-refractivity contribution in [3.63, 3.8) is 0 Å². The molecule has 2 saturated carbocycles. The van der Waals surface area contributed by atoms with Crippen LogP contribution in [-0.2, 0) is 0 Å². The summed E-state index contributed by atoms with van der Waals surface area (Å²) in [4.78, 5) is 2.41. The summed E-state index contributed by atoms with van der Waals surface area (Å²) in [5, 5.41) is 19.0. The summed E-state index contributed by atoms with van der Waals surface area (Å²) < 4.78 is 0. The Balaban J connectivity index is 1.63. The molecule has 0 amide bonds. The van der Waals surface area contributed by atoms with Crippen LogP contribution in [0.4, 0.5) is 0 Å². The van der Waals surface area contributed by atoms with Crippen molar-refractivity contribution < 1.29 is 10.2 Å². The van der Waals surface area contributed by atoms with Crippen LogP contribution in [0.3, 0.4) is 0 Å². The van der Waals surface area contributed by atoms with Crippen LogP contribution in [0.25, 0.3) is 0 Å². The Kier molecular flexibility index (Phi) is 10.3. The van der Waals surface area contributed by atoms with E-state index >= 15 is 0 Å². The molecule has 2 fully saturated rings. The van der Waals surface area contributed by atoms with Gasteiger partial charge in [0.1, 0.15) is 0 Å². The first-order valence-corrected chi connectivity index (χ1v) is 10.8. The molecule has 1 atom stereocenters. The van der Waals surface area contributed by atoms with E-state index in [2.05, 4.69) is 4.90 Å². The number of rotatable bonds is 11. The molecule has 0 bridgehead atoms. The lowest BCUT2D eigenvalue weighted by Crippen LogP contribution is -2.36. The van der Waals surface area contributed by atoms with Gasteiger partial charge in [0.2, 0.25) is 0 Å². The maximum atomic E-state index is 9.83. The quantitative estimate of drug-likeness (QED) is 0.588. The van der Waals surface area contributed by atoms with Crippen molar-refractivity contribution in [3.8, 4) is 0 Å². The highest BCUT2D eigenvalue weighted by Gasteiger charge is 2.17. The van der Waals surface area contributed by atoms with Gasteiger partial charge in [0, 0.05) is 6.54 Å². The molecule has 0 aromatic carbocycles. The summed E-state index contributed by atoms with van der Waals surface area (Å²) in [7, 11) is 0. The standard InChI is InChI=1S/C21H41NO2/c23-18-21(24)17-22(15-7-13-19-9-3-1-4-10-19)16-8-14-20-11-5-2-6-12-20/h19-21,23-24H,1-18H2. The molecule has 2 aliphatic carbocycles. The summed E-state index contributed by atoms with van der Waals surface area (Å²) in [6, 6.07) is 0. The zero-order valence-electron chi connectivity index (χ0n) is 15.8. The maximum absolute atomic E-state index is 9.83. The first kappa shape index (κ1) is 20.2. The molecule has 0 saturated heterocycles. The minimum atomic E-state index is -0.575. The first-order chi connectivity index (χ1) is 11.8. The zero-order valence-corrected chi connectivity index (χ0v) is 15.8. The maximum Gasteiger partial charge on any atom is 0.0897 e. The molecule has 0 aromatic heterocycles. The van der Waals surface area contributed by atoms with Crippen LogP contribution in [0.1, 0.15) is 89.9 Å². The lowest BCUT2D eigenvalue weighted by atomic mass is 9.86. The highest BCUT2D eigenvalue weighted by molar-refractivity contribution is 4.71. The summed E-state index contributed by atoms with van der Waals surface area (Å²) >= 11 is 0. The third kappa shape index (κ3) is 8.31. The molecule has 24 heavy (non-hydrogen) atoms. The predicted molar refractivity (Wildman–Crippen MR) is 101 cm³/mol. The SMILES string of the molecule is OCC(O)CN(CCCC1CCCCC1)CCCC1CCCCC1. The van der Waals surface area contributed by atoms with Gasteiger partial charge in [-0.2, -0.15) is 0 Å². The summed E-state index contributed by atoms with van der Waals surface area (Å²) in [5.41, 5.74) is 0. The highest BCUT2D eigenvalue weighted by atomic mass is 16.3. The molecule has 3 nitrogen and oxygen atoms in total. The molecule has 3 heteroatoms. The van der Waals surface area contributed by atoms with E-state index in [1.54, 1.807) is 0 Å². The van der Waals surface area contributed by atoms with Crippen molar-refractivity contribution in [1.29, 1.82) is 0 Å². The fraction of sp³-hybridized carbons (Fsp3) is 1.00. The lowest BCUT2D eigenvalue weighted by Gasteiger charge is -2.28. The molecule has 142 valence electrons. The molecule has 0 aromatic rings. The van der Waals surface area contributed by atoms with E-state index < -0.39 is 6.10 Å². The van der Waals surface area contributed by atoms with Gasteiger partial charge < -0.3 is 15.1 Å². The molecule has 2 aliphatic rings. The Morgan fingerprint density at radius 3 is 1.62 bits per heavy atom. The Hall–Kier alpha value is -0.120. The molecule has 0 aliphatic heterocycles. The van der Waals surface area contributed by atoms with Crippen molar-refractivity contribution in [2.24, 2.45) is 11.8 Å². The number of aliphatic hydroxyl groups excluding tert-OH is 2. The molecule has 0 spiro atoms. The van der Waals surface area contributed by atoms with Crippen LogP contribution in [0.5, 0.6) is 0 Å². The van der Waals surface area contributed by atoms with Crippen LogP contribution >= 0.6 is 0 Å². The van der Waals surface area contributed by atoms with Gasteiger partial charge in [0.25, 0.3) is 0 Å². The molecular formula is C21H41NO2. The van der Waals surface area contributed by atoms with Crippen molar-refractivity contribution in [2.75, 3.05) is 26.2 Å². The third-order valence-electron chi connectivity index (χ3n) is 6.30. The monoisotopic (exact) mass is 339 g/mol. The lowest BCUT2D eigenvalue weighted by molar-refractivity contribution is 0.0569. The second kappa shape index (κ2) is 12.3. The zero-order chi connectivity index (χ0) is 17.0. The minimum absolute atomic E-state index is 0.109. The summed E-state index contributed by atoms with van der Waals surface area (Å²) in [6.07, 6.45) is 19.0. The molecule has 0 heterocycles. The Morgan fingerprint density at radius 1 is 0.750 bits per heavy atom. The van der Waals surface area contributed by atoms with Gasteiger partial charge in [0.15, 0.2) is 0 Å². The normalized spacial score (nSPS) is 22.1. The average molecular weight is 340 g/mol. The van der Waals surface area contributed by atoms with Gasteiger partial charge in [-0.1, -0.05) is 64.2 Å². The van der Waals surface area contributed by atoms with Crippen LogP contribution < -0.4 is 0 Å². The van der Waals surface area contributed by atoms with E-state index in [9.17, 15) is 5.11 Å². The van der Waals surface area contributed by atoms with Gasteiger partial charge >= 0.3 is 0 Å². The number of hydrogen-bond acceptors (Lipinski definition) is 3. The van der Waals surface area contributed by atoms with E-state index in [1.807, 2.05) is 0 Å². The van der Waals surface area contributed by atoms with Crippen molar-refractivity contribution in [2.45, 2.75) is 96.0 Å². The third-order valence-corrected chi connectivity index (χ3v) is 6.30. The smallest absolute Gasteiger partial charge is 0.0897 e. The Bertz CT molecular complexity index is 274. The van der Waals surface area contributed by atoms with Gasteiger partial charge in [-0.25, -0.2) is 0 Å². The predicted octanol–water partition coefficient (Wildman–Crippen LogP) is 4.36. The van der Waals surface area contributed by atoms with Crippen LogP contribution in [0.2, 0.25) is 0 Å². The summed E-state index contributed by atoms with van der Waals surface area (Å²) in [6.45, 7) is 2.73. The van der Waals surface area contributed by atoms with Crippen molar-refractivity contribution in [3.05, 3.63) is 0 Å². The topological polar surface area (TPSA) is 43.7 Å². The largest absolute Gasteiger partial charge is 0.394 e. The van der Waals surface area contributed by atoms with Crippen LogP contribution in [-0.4, -0.2) is 47.5 Å².